The summed E-state index contributed by atoms with van der Waals surface area (Å²) in [5.41, 5.74) is 4.53. The number of nitriles is 2. The van der Waals surface area contributed by atoms with Crippen molar-refractivity contribution >= 4 is 39.3 Å². The number of hydrogen-bond acceptors (Lipinski definition) is 4. The standard InChI is InChI=1S/C22H14N4S/c1-22(2)17-7-3-5-15-16-6-4-8-25-20(16)26(19(15)17)21-18(22)10-14(27-21)9-13(11-23)12-24/h3-10H,1-2H3. The molecule has 0 fully saturated rings. The minimum Gasteiger partial charge on any atom is -0.284 e. The van der Waals surface area contributed by atoms with Crippen LogP contribution in [0.15, 0.2) is 48.2 Å². The van der Waals surface area contributed by atoms with Gasteiger partial charge in [-0.1, -0.05) is 32.0 Å². The van der Waals surface area contributed by atoms with Gasteiger partial charge >= 0.3 is 0 Å². The third-order valence-electron chi connectivity index (χ3n) is 5.36. The van der Waals surface area contributed by atoms with E-state index in [2.05, 4.69) is 53.7 Å². The van der Waals surface area contributed by atoms with Crippen molar-refractivity contribution in [3.05, 3.63) is 64.2 Å². The minimum absolute atomic E-state index is 0.115. The average molecular weight is 366 g/mol. The lowest BCUT2D eigenvalue weighted by atomic mass is 9.76. The molecule has 1 aliphatic heterocycles. The largest absolute Gasteiger partial charge is 0.284 e. The van der Waals surface area contributed by atoms with E-state index >= 15 is 0 Å². The molecule has 27 heavy (non-hydrogen) atoms. The van der Waals surface area contributed by atoms with Crippen LogP contribution in [0.4, 0.5) is 0 Å². The molecule has 0 unspecified atom stereocenters. The Balaban J connectivity index is 1.94. The first-order valence-electron chi connectivity index (χ1n) is 8.61. The summed E-state index contributed by atoms with van der Waals surface area (Å²) in [7, 11) is 0. The van der Waals surface area contributed by atoms with Crippen molar-refractivity contribution < 1.29 is 0 Å². The SMILES string of the molecule is CC1(C)c2cc(C=C(C#N)C#N)sc2-n2c3ncccc3c3cccc1c32. The van der Waals surface area contributed by atoms with Gasteiger partial charge < -0.3 is 0 Å². The van der Waals surface area contributed by atoms with Crippen LogP contribution >= 0.6 is 11.3 Å². The average Bonchev–Trinajstić information content (AvgIpc) is 3.24. The Morgan fingerprint density at radius 3 is 2.67 bits per heavy atom. The number of hydrogen-bond donors (Lipinski definition) is 0. The summed E-state index contributed by atoms with van der Waals surface area (Å²) in [6.07, 6.45) is 3.49. The Morgan fingerprint density at radius 1 is 1.11 bits per heavy atom. The number of fused-ring (bicyclic) bond motifs is 5. The summed E-state index contributed by atoms with van der Waals surface area (Å²) >= 11 is 1.60. The highest BCUT2D eigenvalue weighted by Gasteiger charge is 2.36. The van der Waals surface area contributed by atoms with Gasteiger partial charge in [-0.15, -0.1) is 11.3 Å². The smallest absolute Gasteiger partial charge is 0.146 e. The zero-order valence-corrected chi connectivity index (χ0v) is 15.6. The Kier molecular flexibility index (Phi) is 3.10. The molecule has 0 aliphatic carbocycles. The second-order valence-electron chi connectivity index (χ2n) is 7.19. The molecule has 5 heteroatoms. The van der Waals surface area contributed by atoms with E-state index in [-0.39, 0.29) is 11.0 Å². The van der Waals surface area contributed by atoms with Crippen LogP contribution < -0.4 is 0 Å². The molecule has 4 aromatic rings. The van der Waals surface area contributed by atoms with Gasteiger partial charge in [0.15, 0.2) is 0 Å². The van der Waals surface area contributed by atoms with Crippen LogP contribution in [0.5, 0.6) is 0 Å². The Morgan fingerprint density at radius 2 is 1.89 bits per heavy atom. The first-order chi connectivity index (χ1) is 13.1. The van der Waals surface area contributed by atoms with E-state index in [1.807, 2.05) is 24.4 Å². The van der Waals surface area contributed by atoms with E-state index in [4.69, 9.17) is 10.5 Å². The molecule has 5 rings (SSSR count). The predicted octanol–water partition coefficient (Wildman–Crippen LogP) is 5.31. The van der Waals surface area contributed by atoms with Crippen molar-refractivity contribution in [3.8, 4) is 17.1 Å². The first-order valence-corrected chi connectivity index (χ1v) is 9.43. The van der Waals surface area contributed by atoms with Crippen molar-refractivity contribution in [3.63, 3.8) is 0 Å². The fourth-order valence-corrected chi connectivity index (χ4v) is 5.33. The monoisotopic (exact) mass is 366 g/mol. The highest BCUT2D eigenvalue weighted by atomic mass is 32.1. The van der Waals surface area contributed by atoms with Crippen molar-refractivity contribution in [1.29, 1.82) is 10.5 Å². The predicted molar refractivity (Wildman–Crippen MR) is 108 cm³/mol. The van der Waals surface area contributed by atoms with Crippen molar-refractivity contribution in [2.45, 2.75) is 19.3 Å². The quantitative estimate of drug-likeness (QED) is 0.429. The summed E-state index contributed by atoms with van der Waals surface area (Å²) in [5, 5.41) is 21.7. The summed E-state index contributed by atoms with van der Waals surface area (Å²) in [6, 6.07) is 16.5. The molecule has 1 aliphatic rings. The number of rotatable bonds is 1. The molecule has 0 spiro atoms. The highest BCUT2D eigenvalue weighted by Crippen LogP contribution is 2.49. The lowest BCUT2D eigenvalue weighted by molar-refractivity contribution is 0.634. The molecule has 0 atom stereocenters. The molecule has 0 radical (unpaired) electrons. The molecular formula is C22H14N4S. The molecule has 0 N–H and O–H groups in total. The van der Waals surface area contributed by atoms with Crippen LogP contribution in [0, 0.1) is 22.7 Å². The third kappa shape index (κ3) is 1.98. The normalized spacial score (nSPS) is 13.8. The first kappa shape index (κ1) is 15.8. The van der Waals surface area contributed by atoms with Crippen LogP contribution in [0.3, 0.4) is 0 Å². The van der Waals surface area contributed by atoms with E-state index in [1.165, 1.54) is 22.0 Å². The summed E-state index contributed by atoms with van der Waals surface area (Å²) in [4.78, 5) is 5.57. The maximum absolute atomic E-state index is 9.11. The molecular weight excluding hydrogens is 352 g/mol. The third-order valence-corrected chi connectivity index (χ3v) is 6.42. The summed E-state index contributed by atoms with van der Waals surface area (Å²) in [5.74, 6) is 0. The Labute approximate surface area is 160 Å². The van der Waals surface area contributed by atoms with Crippen LogP contribution in [-0.2, 0) is 5.41 Å². The van der Waals surface area contributed by atoms with E-state index in [1.54, 1.807) is 17.4 Å². The van der Waals surface area contributed by atoms with Gasteiger partial charge in [-0.3, -0.25) is 4.57 Å². The molecule has 4 nitrogen and oxygen atoms in total. The van der Waals surface area contributed by atoms with Gasteiger partial charge in [0.25, 0.3) is 0 Å². The second-order valence-corrected chi connectivity index (χ2v) is 8.25. The molecule has 3 aromatic heterocycles. The molecule has 0 bridgehead atoms. The Hall–Kier alpha value is -3.41. The maximum atomic E-state index is 9.11. The van der Waals surface area contributed by atoms with Gasteiger partial charge in [-0.2, -0.15) is 10.5 Å². The van der Waals surface area contributed by atoms with Gasteiger partial charge in [-0.05, 0) is 35.4 Å². The minimum atomic E-state index is -0.179. The van der Waals surface area contributed by atoms with E-state index in [0.29, 0.717) is 0 Å². The highest BCUT2D eigenvalue weighted by molar-refractivity contribution is 7.15. The molecule has 0 saturated heterocycles. The number of para-hydroxylation sites is 1. The van der Waals surface area contributed by atoms with Crippen molar-refractivity contribution in [2.24, 2.45) is 0 Å². The topological polar surface area (TPSA) is 65.4 Å². The number of pyridine rings is 1. The summed E-state index contributed by atoms with van der Waals surface area (Å²) < 4.78 is 2.24. The number of nitrogens with zero attached hydrogens (tertiary/aromatic N) is 4. The van der Waals surface area contributed by atoms with Gasteiger partial charge in [0.1, 0.15) is 28.4 Å². The number of benzene rings is 1. The van der Waals surface area contributed by atoms with Crippen LogP contribution in [-0.4, -0.2) is 9.55 Å². The van der Waals surface area contributed by atoms with Gasteiger partial charge in [-0.25, -0.2) is 4.98 Å². The van der Waals surface area contributed by atoms with E-state index in [9.17, 15) is 0 Å². The molecule has 0 saturated carbocycles. The van der Waals surface area contributed by atoms with Gasteiger partial charge in [0.2, 0.25) is 0 Å². The maximum Gasteiger partial charge on any atom is 0.146 e. The Bertz CT molecular complexity index is 1350. The van der Waals surface area contributed by atoms with E-state index < -0.39 is 0 Å². The number of allylic oxidation sites excluding steroid dienone is 1. The molecule has 1 aromatic carbocycles. The molecule has 4 heterocycles. The zero-order valence-electron chi connectivity index (χ0n) is 14.8. The van der Waals surface area contributed by atoms with Gasteiger partial charge in [0, 0.05) is 27.3 Å². The van der Waals surface area contributed by atoms with Crippen molar-refractivity contribution in [1.82, 2.24) is 9.55 Å². The van der Waals surface area contributed by atoms with Crippen molar-refractivity contribution in [2.75, 3.05) is 0 Å². The zero-order chi connectivity index (χ0) is 18.8. The number of aromatic nitrogens is 2. The fourth-order valence-electron chi connectivity index (χ4n) is 4.06. The van der Waals surface area contributed by atoms with Crippen LogP contribution in [0.25, 0.3) is 33.0 Å². The molecule has 128 valence electrons. The van der Waals surface area contributed by atoms with E-state index in [0.717, 1.165) is 20.9 Å². The van der Waals surface area contributed by atoms with Crippen LogP contribution in [0.2, 0.25) is 0 Å². The van der Waals surface area contributed by atoms with Gasteiger partial charge in [0.05, 0.1) is 5.52 Å². The van der Waals surface area contributed by atoms with Crippen LogP contribution in [0.1, 0.15) is 29.9 Å². The lowest BCUT2D eigenvalue weighted by Crippen LogP contribution is -2.24. The fraction of sp³-hybridized carbons (Fsp3) is 0.136. The lowest BCUT2D eigenvalue weighted by Gasteiger charge is -2.32. The second kappa shape index (κ2) is 5.30. The summed E-state index contributed by atoms with van der Waals surface area (Å²) in [6.45, 7) is 4.45. The molecule has 0 amide bonds. The number of thiophene rings is 1.